The van der Waals surface area contributed by atoms with Crippen molar-refractivity contribution in [2.24, 2.45) is 0 Å². The number of carbonyl (C=O) groups excluding carboxylic acids is 2. The van der Waals surface area contributed by atoms with Crippen LogP contribution in [0.2, 0.25) is 0 Å². The molecule has 140 valence electrons. The minimum atomic E-state index is -0.239. The van der Waals surface area contributed by atoms with Gasteiger partial charge in [0.2, 0.25) is 11.8 Å². The first-order chi connectivity index (χ1) is 12.9. The molecule has 0 saturated carbocycles. The largest absolute Gasteiger partial charge is 0.355 e. The summed E-state index contributed by atoms with van der Waals surface area (Å²) in [5, 5.41) is 9.78. The van der Waals surface area contributed by atoms with Gasteiger partial charge in [0, 0.05) is 34.5 Å². The lowest BCUT2D eigenvalue weighted by Crippen LogP contribution is -2.29. The highest BCUT2D eigenvalue weighted by atomic mass is 79.9. The van der Waals surface area contributed by atoms with Gasteiger partial charge in [-0.05, 0) is 44.2 Å². The monoisotopic (exact) mass is 430 g/mol. The zero-order valence-electron chi connectivity index (χ0n) is 15.0. The average Bonchev–Trinajstić information content (AvgIpc) is 2.99. The minimum Gasteiger partial charge on any atom is -0.355 e. The van der Waals surface area contributed by atoms with Crippen LogP contribution >= 0.6 is 15.9 Å². The highest BCUT2D eigenvalue weighted by molar-refractivity contribution is 9.10. The number of amides is 2. The Bertz CT molecular complexity index is 983. The second kappa shape index (κ2) is 8.26. The molecule has 2 N–H and O–H groups in total. The van der Waals surface area contributed by atoms with Gasteiger partial charge < -0.3 is 10.6 Å². The van der Waals surface area contributed by atoms with Gasteiger partial charge in [-0.1, -0.05) is 15.9 Å². The van der Waals surface area contributed by atoms with Crippen LogP contribution in [0.5, 0.6) is 0 Å². The molecule has 0 atom stereocenters. The SMILES string of the molecule is Cc1cc(C)n2nc(CC(=O)NCCC(=O)Nc3ccc(Br)cc3)nc2n1. The quantitative estimate of drug-likeness (QED) is 0.623. The number of hydrogen-bond acceptors (Lipinski definition) is 5. The van der Waals surface area contributed by atoms with Crippen LogP contribution in [0.1, 0.15) is 23.6 Å². The Balaban J connectivity index is 1.47. The van der Waals surface area contributed by atoms with Crippen LogP contribution in [0, 0.1) is 13.8 Å². The molecule has 3 aromatic rings. The van der Waals surface area contributed by atoms with Gasteiger partial charge in [-0.15, -0.1) is 5.10 Å². The molecule has 1 aromatic carbocycles. The van der Waals surface area contributed by atoms with Gasteiger partial charge in [0.25, 0.3) is 5.78 Å². The maximum Gasteiger partial charge on any atom is 0.252 e. The van der Waals surface area contributed by atoms with Crippen LogP contribution in [0.25, 0.3) is 5.78 Å². The number of rotatable bonds is 6. The van der Waals surface area contributed by atoms with Gasteiger partial charge in [0.05, 0.1) is 6.42 Å². The molecular formula is C18H19BrN6O2. The summed E-state index contributed by atoms with van der Waals surface area (Å²) in [4.78, 5) is 32.5. The van der Waals surface area contributed by atoms with Gasteiger partial charge in [0.15, 0.2) is 5.82 Å². The molecule has 0 unspecified atom stereocenters. The van der Waals surface area contributed by atoms with Crippen molar-refractivity contribution in [2.75, 3.05) is 11.9 Å². The number of nitrogens with one attached hydrogen (secondary N) is 2. The zero-order chi connectivity index (χ0) is 19.4. The predicted octanol–water partition coefficient (Wildman–Crippen LogP) is 2.19. The summed E-state index contributed by atoms with van der Waals surface area (Å²) in [6.45, 7) is 4.03. The summed E-state index contributed by atoms with van der Waals surface area (Å²) < 4.78 is 2.55. The molecule has 0 fully saturated rings. The molecule has 0 aliphatic heterocycles. The fourth-order valence-electron chi connectivity index (χ4n) is 2.56. The Hall–Kier alpha value is -2.81. The smallest absolute Gasteiger partial charge is 0.252 e. The van der Waals surface area contributed by atoms with Gasteiger partial charge in [-0.2, -0.15) is 4.98 Å². The number of nitrogens with zero attached hydrogens (tertiary/aromatic N) is 4. The van der Waals surface area contributed by atoms with Crippen molar-refractivity contribution in [3.05, 3.63) is 52.0 Å². The fourth-order valence-corrected chi connectivity index (χ4v) is 2.83. The van der Waals surface area contributed by atoms with E-state index in [0.717, 1.165) is 15.9 Å². The van der Waals surface area contributed by atoms with Crippen molar-refractivity contribution in [1.29, 1.82) is 0 Å². The van der Waals surface area contributed by atoms with E-state index in [1.165, 1.54) is 0 Å². The van der Waals surface area contributed by atoms with Gasteiger partial charge in [-0.3, -0.25) is 9.59 Å². The summed E-state index contributed by atoms with van der Waals surface area (Å²) in [5.74, 6) is 0.465. The summed E-state index contributed by atoms with van der Waals surface area (Å²) in [7, 11) is 0. The van der Waals surface area contributed by atoms with Crippen molar-refractivity contribution in [2.45, 2.75) is 26.7 Å². The van der Waals surface area contributed by atoms with E-state index in [1.807, 2.05) is 32.0 Å². The van der Waals surface area contributed by atoms with Crippen molar-refractivity contribution < 1.29 is 9.59 Å². The summed E-state index contributed by atoms with van der Waals surface area (Å²) in [6, 6.07) is 9.19. The number of fused-ring (bicyclic) bond motifs is 1. The molecule has 27 heavy (non-hydrogen) atoms. The van der Waals surface area contributed by atoms with E-state index < -0.39 is 0 Å². The van der Waals surface area contributed by atoms with E-state index in [4.69, 9.17) is 0 Å². The number of aromatic nitrogens is 4. The first-order valence-electron chi connectivity index (χ1n) is 8.43. The topological polar surface area (TPSA) is 101 Å². The summed E-state index contributed by atoms with van der Waals surface area (Å²) in [6.07, 6.45) is 0.219. The molecule has 0 radical (unpaired) electrons. The Morgan fingerprint density at radius 2 is 1.85 bits per heavy atom. The maximum absolute atomic E-state index is 12.1. The third-order valence-corrected chi connectivity index (χ3v) is 4.31. The Kier molecular flexibility index (Phi) is 5.80. The molecule has 0 aliphatic carbocycles. The molecule has 0 bridgehead atoms. The second-order valence-electron chi connectivity index (χ2n) is 6.11. The van der Waals surface area contributed by atoms with E-state index in [-0.39, 0.29) is 31.2 Å². The minimum absolute atomic E-state index is 0.0379. The molecule has 8 nitrogen and oxygen atoms in total. The molecule has 9 heteroatoms. The van der Waals surface area contributed by atoms with Crippen LogP contribution in [0.4, 0.5) is 5.69 Å². The molecular weight excluding hydrogens is 412 g/mol. The zero-order valence-corrected chi connectivity index (χ0v) is 16.6. The van der Waals surface area contributed by atoms with Crippen LogP contribution in [-0.4, -0.2) is 37.9 Å². The van der Waals surface area contributed by atoms with E-state index >= 15 is 0 Å². The molecule has 0 aliphatic rings. The number of halogens is 1. The number of anilines is 1. The van der Waals surface area contributed by atoms with Gasteiger partial charge in [0.1, 0.15) is 0 Å². The molecule has 2 aromatic heterocycles. The van der Waals surface area contributed by atoms with Crippen molar-refractivity contribution in [1.82, 2.24) is 24.9 Å². The Morgan fingerprint density at radius 1 is 1.11 bits per heavy atom. The van der Waals surface area contributed by atoms with Gasteiger partial charge >= 0.3 is 0 Å². The molecule has 2 heterocycles. The highest BCUT2D eigenvalue weighted by Crippen LogP contribution is 2.14. The van der Waals surface area contributed by atoms with E-state index in [2.05, 4.69) is 41.6 Å². The summed E-state index contributed by atoms with van der Waals surface area (Å²) >= 11 is 3.34. The second-order valence-corrected chi connectivity index (χ2v) is 7.03. The van der Waals surface area contributed by atoms with Crippen LogP contribution < -0.4 is 10.6 Å². The standard InChI is InChI=1S/C18H19BrN6O2/c1-11-9-12(2)25-18(21-11)23-15(24-25)10-17(27)20-8-7-16(26)22-14-5-3-13(19)4-6-14/h3-6,9H,7-8,10H2,1-2H3,(H,20,27)(H,22,26). The molecule has 3 rings (SSSR count). The summed E-state index contributed by atoms with van der Waals surface area (Å²) in [5.41, 5.74) is 2.46. The third kappa shape index (κ3) is 5.10. The van der Waals surface area contributed by atoms with Crippen LogP contribution in [0.3, 0.4) is 0 Å². The lowest BCUT2D eigenvalue weighted by atomic mass is 10.3. The van der Waals surface area contributed by atoms with E-state index in [9.17, 15) is 9.59 Å². The Morgan fingerprint density at radius 3 is 2.59 bits per heavy atom. The van der Waals surface area contributed by atoms with Crippen LogP contribution in [0.15, 0.2) is 34.8 Å². The molecule has 0 spiro atoms. The first kappa shape index (κ1) is 19.0. The normalized spacial score (nSPS) is 10.8. The third-order valence-electron chi connectivity index (χ3n) is 3.78. The van der Waals surface area contributed by atoms with Crippen molar-refractivity contribution in [3.63, 3.8) is 0 Å². The lowest BCUT2D eigenvalue weighted by Gasteiger charge is -2.06. The predicted molar refractivity (Wildman–Crippen MR) is 104 cm³/mol. The van der Waals surface area contributed by atoms with Crippen molar-refractivity contribution >= 4 is 39.2 Å². The van der Waals surface area contributed by atoms with Crippen LogP contribution in [-0.2, 0) is 16.0 Å². The fraction of sp³-hybridized carbons (Fsp3) is 0.278. The molecule has 0 saturated heterocycles. The number of carbonyl (C=O) groups is 2. The number of aryl methyl sites for hydroxylation is 2. The maximum atomic E-state index is 12.1. The number of hydrogen-bond donors (Lipinski definition) is 2. The first-order valence-corrected chi connectivity index (χ1v) is 9.22. The molecule has 2 amide bonds. The average molecular weight is 431 g/mol. The number of benzene rings is 1. The van der Waals surface area contributed by atoms with Crippen molar-refractivity contribution in [3.8, 4) is 0 Å². The highest BCUT2D eigenvalue weighted by Gasteiger charge is 2.12. The van der Waals surface area contributed by atoms with Gasteiger partial charge in [-0.25, -0.2) is 9.50 Å². The lowest BCUT2D eigenvalue weighted by molar-refractivity contribution is -0.120. The Labute approximate surface area is 164 Å². The van der Waals surface area contributed by atoms with E-state index in [1.54, 1.807) is 16.6 Å². The van der Waals surface area contributed by atoms with E-state index in [0.29, 0.717) is 17.3 Å².